The molecule has 8 heteroatoms. The number of benzene rings is 2. The van der Waals surface area contributed by atoms with Gasteiger partial charge < -0.3 is 26.1 Å². The molecule has 0 radical (unpaired) electrons. The summed E-state index contributed by atoms with van der Waals surface area (Å²) in [5.74, 6) is 0.511. The van der Waals surface area contributed by atoms with Crippen LogP contribution < -0.4 is 11.1 Å². The van der Waals surface area contributed by atoms with Crippen molar-refractivity contribution in [2.45, 2.75) is 0 Å². The summed E-state index contributed by atoms with van der Waals surface area (Å²) >= 11 is 0. The molecular weight excluding hydrogens is 332 g/mol. The van der Waals surface area contributed by atoms with Crippen molar-refractivity contribution in [3.8, 4) is 17.0 Å². The van der Waals surface area contributed by atoms with Gasteiger partial charge in [-0.05, 0) is 17.7 Å². The first-order chi connectivity index (χ1) is 12.7. The van der Waals surface area contributed by atoms with E-state index >= 15 is 0 Å². The molecule has 0 amide bonds. The zero-order valence-electron chi connectivity index (χ0n) is 13.5. The number of nitrogen functional groups attached to an aromatic ring is 1. The molecule has 128 valence electrons. The van der Waals surface area contributed by atoms with Crippen LogP contribution in [0.15, 0.2) is 53.3 Å². The number of nitrogens with one attached hydrogen (secondary N) is 2. The van der Waals surface area contributed by atoms with E-state index in [0.29, 0.717) is 22.8 Å². The van der Waals surface area contributed by atoms with Crippen molar-refractivity contribution >= 4 is 34.5 Å². The zero-order valence-corrected chi connectivity index (χ0v) is 13.5. The van der Waals surface area contributed by atoms with Crippen LogP contribution in [0.3, 0.4) is 0 Å². The smallest absolute Gasteiger partial charge is 0.185 e. The number of nitrogens with two attached hydrogens (primary N) is 1. The van der Waals surface area contributed by atoms with Gasteiger partial charge in [-0.3, -0.25) is 0 Å². The van der Waals surface area contributed by atoms with E-state index in [9.17, 15) is 5.11 Å². The molecule has 0 aliphatic heterocycles. The lowest BCUT2D eigenvalue weighted by molar-refractivity contribution is 0.460. The van der Waals surface area contributed by atoms with Crippen molar-refractivity contribution < 1.29 is 9.63 Å². The summed E-state index contributed by atoms with van der Waals surface area (Å²) < 4.78 is 5.14. The molecule has 4 aromatic rings. The molecule has 8 nitrogen and oxygen atoms in total. The molecule has 2 aromatic carbocycles. The average Bonchev–Trinajstić information content (AvgIpc) is 3.04. The van der Waals surface area contributed by atoms with Gasteiger partial charge in [-0.25, -0.2) is 9.97 Å². The van der Waals surface area contributed by atoms with E-state index < -0.39 is 0 Å². The van der Waals surface area contributed by atoms with Crippen molar-refractivity contribution in [3.63, 3.8) is 0 Å². The fraction of sp³-hybridized carbons (Fsp3) is 0. The Kier molecular flexibility index (Phi) is 3.70. The van der Waals surface area contributed by atoms with E-state index in [1.165, 1.54) is 12.5 Å². The summed E-state index contributed by atoms with van der Waals surface area (Å²) in [6.07, 6.45) is 2.62. The molecule has 0 saturated heterocycles. The van der Waals surface area contributed by atoms with Gasteiger partial charge in [0.2, 0.25) is 0 Å². The Morgan fingerprint density at radius 1 is 1.12 bits per heavy atom. The molecule has 4 rings (SSSR count). The molecule has 0 atom stereocenters. The predicted molar refractivity (Wildman–Crippen MR) is 98.7 cm³/mol. The number of nitrogens with zero attached hydrogens (tertiary/aromatic N) is 3. The van der Waals surface area contributed by atoms with E-state index in [-0.39, 0.29) is 11.6 Å². The minimum atomic E-state index is -0.0766. The first-order valence-corrected chi connectivity index (χ1v) is 7.72. The van der Waals surface area contributed by atoms with Gasteiger partial charge in [0.15, 0.2) is 23.0 Å². The fourth-order valence-electron chi connectivity index (χ4n) is 2.59. The maximum Gasteiger partial charge on any atom is 0.185 e. The highest BCUT2D eigenvalue weighted by molar-refractivity contribution is 5.90. The number of aromatic hydroxyl groups is 1. The normalized spacial score (nSPS) is 10.8. The number of aromatic nitrogens is 3. The summed E-state index contributed by atoms with van der Waals surface area (Å²) in [6, 6.07) is 12.4. The summed E-state index contributed by atoms with van der Waals surface area (Å²) in [7, 11) is 0. The van der Waals surface area contributed by atoms with Crippen LogP contribution in [0.2, 0.25) is 0 Å². The number of rotatable bonds is 4. The third kappa shape index (κ3) is 2.69. The van der Waals surface area contributed by atoms with Gasteiger partial charge in [-0.2, -0.15) is 0 Å². The second-order valence-corrected chi connectivity index (χ2v) is 5.59. The lowest BCUT2D eigenvalue weighted by atomic mass is 10.1. The molecule has 2 aromatic heterocycles. The van der Waals surface area contributed by atoms with E-state index in [1.807, 2.05) is 0 Å². The van der Waals surface area contributed by atoms with Crippen molar-refractivity contribution in [2.75, 3.05) is 11.1 Å². The Morgan fingerprint density at radius 2 is 1.92 bits per heavy atom. The third-order valence-electron chi connectivity index (χ3n) is 3.94. The standard InChI is InChI=1S/C18H14N6O2/c19-8-10-1-3-11(4-2-10)15-16(25)18(22-9-21-15)23-12-5-6-13-14(7-12)26-24-17(13)20/h1-9,19,25H,(H2,20,24)(H,21,22,23). The molecule has 0 bridgehead atoms. The van der Waals surface area contributed by atoms with Crippen molar-refractivity contribution in [1.82, 2.24) is 15.1 Å². The number of anilines is 3. The van der Waals surface area contributed by atoms with Gasteiger partial charge in [0.25, 0.3) is 0 Å². The first kappa shape index (κ1) is 15.6. The van der Waals surface area contributed by atoms with Crippen molar-refractivity contribution in [3.05, 3.63) is 54.4 Å². The maximum absolute atomic E-state index is 10.6. The summed E-state index contributed by atoms with van der Waals surface area (Å²) in [5, 5.41) is 25.3. The summed E-state index contributed by atoms with van der Waals surface area (Å²) in [4.78, 5) is 8.26. The van der Waals surface area contributed by atoms with Crippen LogP contribution in [-0.4, -0.2) is 26.4 Å². The van der Waals surface area contributed by atoms with Gasteiger partial charge >= 0.3 is 0 Å². The number of fused-ring (bicyclic) bond motifs is 1. The van der Waals surface area contributed by atoms with Crippen LogP contribution >= 0.6 is 0 Å². The van der Waals surface area contributed by atoms with Gasteiger partial charge in [-0.1, -0.05) is 29.4 Å². The van der Waals surface area contributed by atoms with Crippen LogP contribution in [0.5, 0.6) is 5.75 Å². The second-order valence-electron chi connectivity index (χ2n) is 5.59. The molecule has 0 saturated carbocycles. The van der Waals surface area contributed by atoms with E-state index in [0.717, 1.165) is 16.5 Å². The fourth-order valence-corrected chi connectivity index (χ4v) is 2.59. The molecule has 0 unspecified atom stereocenters. The van der Waals surface area contributed by atoms with Crippen LogP contribution in [0.25, 0.3) is 22.2 Å². The highest BCUT2D eigenvalue weighted by Gasteiger charge is 2.13. The van der Waals surface area contributed by atoms with Gasteiger partial charge in [-0.15, -0.1) is 0 Å². The lowest BCUT2D eigenvalue weighted by Gasteiger charge is -2.10. The largest absolute Gasteiger partial charge is 0.503 e. The zero-order chi connectivity index (χ0) is 18.1. The lowest BCUT2D eigenvalue weighted by Crippen LogP contribution is -1.97. The first-order valence-electron chi connectivity index (χ1n) is 7.72. The second kappa shape index (κ2) is 6.17. The minimum absolute atomic E-state index is 0.0766. The molecule has 5 N–H and O–H groups in total. The Morgan fingerprint density at radius 3 is 2.69 bits per heavy atom. The van der Waals surface area contributed by atoms with Crippen LogP contribution in [-0.2, 0) is 0 Å². The van der Waals surface area contributed by atoms with Crippen LogP contribution in [0.4, 0.5) is 17.3 Å². The highest BCUT2D eigenvalue weighted by atomic mass is 16.5. The number of hydrogen-bond donors (Lipinski definition) is 4. The van der Waals surface area contributed by atoms with Gasteiger partial charge in [0, 0.05) is 23.5 Å². The average molecular weight is 346 g/mol. The summed E-state index contributed by atoms with van der Waals surface area (Å²) in [5.41, 5.74) is 8.78. The monoisotopic (exact) mass is 346 g/mol. The maximum atomic E-state index is 10.6. The molecule has 0 fully saturated rings. The van der Waals surface area contributed by atoms with Crippen LogP contribution in [0.1, 0.15) is 5.56 Å². The predicted octanol–water partition coefficient (Wildman–Crippen LogP) is 3.31. The minimum Gasteiger partial charge on any atom is -0.503 e. The molecule has 0 aliphatic carbocycles. The third-order valence-corrected chi connectivity index (χ3v) is 3.94. The molecule has 0 spiro atoms. The van der Waals surface area contributed by atoms with E-state index in [1.54, 1.807) is 42.5 Å². The van der Waals surface area contributed by atoms with Crippen LogP contribution in [0, 0.1) is 5.41 Å². The molecule has 2 heterocycles. The van der Waals surface area contributed by atoms with Gasteiger partial charge in [0.05, 0.1) is 5.39 Å². The Bertz CT molecular complexity index is 1100. The molecule has 26 heavy (non-hydrogen) atoms. The van der Waals surface area contributed by atoms with E-state index in [4.69, 9.17) is 15.7 Å². The van der Waals surface area contributed by atoms with E-state index in [2.05, 4.69) is 20.4 Å². The van der Waals surface area contributed by atoms with Crippen molar-refractivity contribution in [2.24, 2.45) is 0 Å². The topological polar surface area (TPSA) is 134 Å². The Hall–Kier alpha value is -3.94. The SMILES string of the molecule is N=Cc1ccc(-c2ncnc(Nc3ccc4c(N)noc4c3)c2O)cc1. The Balaban J connectivity index is 1.68. The number of hydrogen-bond acceptors (Lipinski definition) is 8. The molecule has 0 aliphatic rings. The van der Waals surface area contributed by atoms with Crippen molar-refractivity contribution in [1.29, 1.82) is 5.41 Å². The molecular formula is C18H14N6O2. The Labute approximate surface area is 147 Å². The highest BCUT2D eigenvalue weighted by Crippen LogP contribution is 2.34. The summed E-state index contributed by atoms with van der Waals surface area (Å²) in [6.45, 7) is 0. The van der Waals surface area contributed by atoms with Gasteiger partial charge in [0.1, 0.15) is 12.0 Å². The quantitative estimate of drug-likeness (QED) is 0.416.